The topological polar surface area (TPSA) is 17.1 Å². The molecule has 0 fully saturated rings. The lowest BCUT2D eigenvalue weighted by Gasteiger charge is -2.09. The van der Waals surface area contributed by atoms with Crippen LogP contribution in [0, 0.1) is 20.8 Å². The molecule has 100 valence electrons. The van der Waals surface area contributed by atoms with Gasteiger partial charge < -0.3 is 0 Å². The quantitative estimate of drug-likeness (QED) is 0.820. The van der Waals surface area contributed by atoms with Crippen molar-refractivity contribution in [2.45, 2.75) is 32.3 Å². The van der Waals surface area contributed by atoms with E-state index in [0.29, 0.717) is 11.5 Å². The largest absolute Gasteiger partial charge is 0.259 e. The monoisotopic (exact) mass is 272 g/mol. The van der Waals surface area contributed by atoms with Crippen LogP contribution in [0.2, 0.25) is 0 Å². The Bertz CT molecular complexity index is 602. The summed E-state index contributed by atoms with van der Waals surface area (Å²) in [5.74, 6) is 1.28. The molecule has 2 aromatic carbocycles. The molecular weight excluding hydrogens is 252 g/mol. The lowest BCUT2D eigenvalue weighted by Crippen LogP contribution is -2.02. The van der Waals surface area contributed by atoms with Crippen molar-refractivity contribution in [3.63, 3.8) is 0 Å². The van der Waals surface area contributed by atoms with Crippen LogP contribution in [0.4, 0.5) is 0 Å². The van der Waals surface area contributed by atoms with Crippen LogP contribution in [0.3, 0.4) is 0 Å². The molecule has 0 saturated carbocycles. The third kappa shape index (κ3) is 3.77. The zero-order valence-corrected chi connectivity index (χ0v) is 12.6. The minimum absolute atomic E-state index is 0.639. The van der Waals surface area contributed by atoms with Gasteiger partial charge in [-0.15, -0.1) is 0 Å². The predicted molar refractivity (Wildman–Crippen MR) is 82.6 cm³/mol. The highest BCUT2D eigenvalue weighted by molar-refractivity contribution is 7.83. The SMILES string of the molecule is Cc1ccc(C)c(C[S@@](=O)Cc2ccccc2C)c1. The Morgan fingerprint density at radius 1 is 0.842 bits per heavy atom. The Morgan fingerprint density at radius 3 is 2.21 bits per heavy atom. The van der Waals surface area contributed by atoms with Crippen LogP contribution in [0.15, 0.2) is 42.5 Å². The lowest BCUT2D eigenvalue weighted by molar-refractivity contribution is 0.682. The van der Waals surface area contributed by atoms with Crippen molar-refractivity contribution >= 4 is 10.8 Å². The number of hydrogen-bond acceptors (Lipinski definition) is 1. The summed E-state index contributed by atoms with van der Waals surface area (Å²) in [5, 5.41) is 0. The van der Waals surface area contributed by atoms with Gasteiger partial charge in [-0.2, -0.15) is 0 Å². The van der Waals surface area contributed by atoms with E-state index >= 15 is 0 Å². The maximum Gasteiger partial charge on any atom is 0.0491 e. The summed E-state index contributed by atoms with van der Waals surface area (Å²) in [7, 11) is -0.851. The normalized spacial score (nSPS) is 12.4. The molecule has 2 rings (SSSR count). The average molecular weight is 272 g/mol. The molecule has 0 N–H and O–H groups in total. The molecule has 1 atom stereocenters. The van der Waals surface area contributed by atoms with Crippen LogP contribution in [0.5, 0.6) is 0 Å². The van der Waals surface area contributed by atoms with Crippen LogP contribution in [0.25, 0.3) is 0 Å². The maximum atomic E-state index is 12.3. The molecule has 0 aromatic heterocycles. The van der Waals surface area contributed by atoms with Gasteiger partial charge in [0.25, 0.3) is 0 Å². The van der Waals surface area contributed by atoms with Gasteiger partial charge in [-0.05, 0) is 43.0 Å². The Kier molecular flexibility index (Phi) is 4.54. The van der Waals surface area contributed by atoms with E-state index in [1.807, 2.05) is 12.1 Å². The van der Waals surface area contributed by atoms with Gasteiger partial charge in [-0.1, -0.05) is 48.0 Å². The summed E-state index contributed by atoms with van der Waals surface area (Å²) in [4.78, 5) is 0. The first-order valence-electron chi connectivity index (χ1n) is 6.52. The Hall–Kier alpha value is -1.41. The summed E-state index contributed by atoms with van der Waals surface area (Å²) >= 11 is 0. The fourth-order valence-corrected chi connectivity index (χ4v) is 3.56. The molecule has 2 aromatic rings. The first kappa shape index (κ1) is 14.0. The molecule has 0 aliphatic carbocycles. The van der Waals surface area contributed by atoms with Gasteiger partial charge in [0.1, 0.15) is 0 Å². The molecule has 19 heavy (non-hydrogen) atoms. The number of aryl methyl sites for hydroxylation is 3. The van der Waals surface area contributed by atoms with Gasteiger partial charge in [-0.3, -0.25) is 4.21 Å². The minimum atomic E-state index is -0.851. The van der Waals surface area contributed by atoms with E-state index in [9.17, 15) is 4.21 Å². The third-order valence-electron chi connectivity index (χ3n) is 3.40. The van der Waals surface area contributed by atoms with Gasteiger partial charge in [0.15, 0.2) is 0 Å². The first-order valence-corrected chi connectivity index (χ1v) is 8.00. The molecule has 0 amide bonds. The summed E-state index contributed by atoms with van der Waals surface area (Å²) in [6.07, 6.45) is 0. The highest BCUT2D eigenvalue weighted by Gasteiger charge is 2.07. The highest BCUT2D eigenvalue weighted by atomic mass is 32.2. The zero-order chi connectivity index (χ0) is 13.8. The second-order valence-electron chi connectivity index (χ2n) is 5.08. The van der Waals surface area contributed by atoms with Gasteiger partial charge in [0, 0.05) is 22.3 Å². The van der Waals surface area contributed by atoms with Crippen molar-refractivity contribution in [2.24, 2.45) is 0 Å². The van der Waals surface area contributed by atoms with Crippen LogP contribution >= 0.6 is 0 Å². The van der Waals surface area contributed by atoms with Crippen molar-refractivity contribution < 1.29 is 4.21 Å². The van der Waals surface area contributed by atoms with Crippen LogP contribution < -0.4 is 0 Å². The maximum absolute atomic E-state index is 12.3. The average Bonchev–Trinajstić information content (AvgIpc) is 2.37. The van der Waals surface area contributed by atoms with Crippen molar-refractivity contribution in [2.75, 3.05) is 0 Å². The zero-order valence-electron chi connectivity index (χ0n) is 11.8. The van der Waals surface area contributed by atoms with E-state index in [4.69, 9.17) is 0 Å². The number of benzene rings is 2. The molecule has 0 saturated heterocycles. The molecular formula is C17H20OS. The predicted octanol–water partition coefficient (Wildman–Crippen LogP) is 4.06. The van der Waals surface area contributed by atoms with Gasteiger partial charge in [0.2, 0.25) is 0 Å². The molecule has 0 radical (unpaired) electrons. The van der Waals surface area contributed by atoms with E-state index < -0.39 is 10.8 Å². The van der Waals surface area contributed by atoms with Crippen molar-refractivity contribution in [3.05, 3.63) is 70.3 Å². The van der Waals surface area contributed by atoms with Crippen LogP contribution in [-0.4, -0.2) is 4.21 Å². The number of hydrogen-bond donors (Lipinski definition) is 0. The molecule has 0 spiro atoms. The van der Waals surface area contributed by atoms with Crippen LogP contribution in [-0.2, 0) is 22.3 Å². The molecule has 0 aliphatic heterocycles. The van der Waals surface area contributed by atoms with E-state index in [-0.39, 0.29) is 0 Å². The van der Waals surface area contributed by atoms with Crippen molar-refractivity contribution in [1.29, 1.82) is 0 Å². The summed E-state index contributed by atoms with van der Waals surface area (Å²) < 4.78 is 12.3. The molecule has 0 unspecified atom stereocenters. The van der Waals surface area contributed by atoms with E-state index in [0.717, 1.165) is 0 Å². The van der Waals surface area contributed by atoms with E-state index in [2.05, 4.69) is 51.1 Å². The van der Waals surface area contributed by atoms with Gasteiger partial charge in [0.05, 0.1) is 0 Å². The fraction of sp³-hybridized carbons (Fsp3) is 0.294. The van der Waals surface area contributed by atoms with Crippen molar-refractivity contribution in [1.82, 2.24) is 0 Å². The fourth-order valence-electron chi connectivity index (χ4n) is 2.13. The smallest absolute Gasteiger partial charge is 0.0491 e. The van der Waals surface area contributed by atoms with Crippen molar-refractivity contribution in [3.8, 4) is 0 Å². The standard InChI is InChI=1S/C17H20OS/c1-13-8-9-15(3)17(10-13)12-19(18)11-16-7-5-4-6-14(16)2/h4-10H,11-12H2,1-3H3/t19-/m0/s1. The van der Waals surface area contributed by atoms with E-state index in [1.54, 1.807) is 0 Å². The number of rotatable bonds is 4. The Balaban J connectivity index is 2.10. The van der Waals surface area contributed by atoms with Gasteiger partial charge in [-0.25, -0.2) is 0 Å². The summed E-state index contributed by atoms with van der Waals surface area (Å²) in [6, 6.07) is 14.5. The second kappa shape index (κ2) is 6.16. The lowest BCUT2D eigenvalue weighted by atomic mass is 10.1. The first-order chi connectivity index (χ1) is 9.06. The highest BCUT2D eigenvalue weighted by Crippen LogP contribution is 2.16. The Morgan fingerprint density at radius 2 is 1.47 bits per heavy atom. The minimum Gasteiger partial charge on any atom is -0.259 e. The molecule has 0 heterocycles. The van der Waals surface area contributed by atoms with E-state index in [1.165, 1.54) is 27.8 Å². The molecule has 0 aliphatic rings. The summed E-state index contributed by atoms with van der Waals surface area (Å²) in [5.41, 5.74) is 6.06. The molecule has 2 heteroatoms. The third-order valence-corrected chi connectivity index (χ3v) is 4.66. The van der Waals surface area contributed by atoms with Gasteiger partial charge >= 0.3 is 0 Å². The molecule has 0 bridgehead atoms. The summed E-state index contributed by atoms with van der Waals surface area (Å²) in [6.45, 7) is 6.23. The second-order valence-corrected chi connectivity index (χ2v) is 6.54. The van der Waals surface area contributed by atoms with Crippen LogP contribution in [0.1, 0.15) is 27.8 Å². The molecule has 1 nitrogen and oxygen atoms in total. The Labute approximate surface area is 118 Å².